The van der Waals surface area contributed by atoms with Crippen LogP contribution in [0.3, 0.4) is 0 Å². The summed E-state index contributed by atoms with van der Waals surface area (Å²) in [4.78, 5) is 25.4. The Morgan fingerprint density at radius 1 is 1.25 bits per heavy atom. The van der Waals surface area contributed by atoms with Crippen molar-refractivity contribution in [2.75, 3.05) is 46.9 Å². The predicted molar refractivity (Wildman–Crippen MR) is 127 cm³/mol. The van der Waals surface area contributed by atoms with E-state index in [1.165, 1.54) is 18.9 Å². The number of likely N-dealkylation sites (tertiary alicyclic amines) is 1. The van der Waals surface area contributed by atoms with Gasteiger partial charge in [0.2, 0.25) is 5.91 Å². The highest BCUT2D eigenvalue weighted by Gasteiger charge is 2.19. The molecular formula is C25H35N5O2. The van der Waals surface area contributed by atoms with Crippen LogP contribution < -0.4 is 10.1 Å². The quantitative estimate of drug-likeness (QED) is 0.576. The van der Waals surface area contributed by atoms with Gasteiger partial charge in [-0.05, 0) is 70.6 Å². The van der Waals surface area contributed by atoms with E-state index in [1.54, 1.807) is 18.5 Å². The molecule has 1 aromatic heterocycles. The Balaban J connectivity index is 1.46. The van der Waals surface area contributed by atoms with E-state index in [1.807, 2.05) is 31.2 Å². The summed E-state index contributed by atoms with van der Waals surface area (Å²) in [6.45, 7) is 7.53. The molecule has 172 valence electrons. The van der Waals surface area contributed by atoms with Gasteiger partial charge in [0.15, 0.2) is 11.6 Å². The van der Waals surface area contributed by atoms with Crippen molar-refractivity contribution in [1.29, 1.82) is 0 Å². The number of aromatic nitrogens is 2. The molecule has 0 bridgehead atoms. The van der Waals surface area contributed by atoms with Crippen molar-refractivity contribution < 1.29 is 9.53 Å². The zero-order chi connectivity index (χ0) is 22.8. The predicted octanol–water partition coefficient (Wildman–Crippen LogP) is 2.99. The smallest absolute Gasteiger partial charge is 0.243 e. The van der Waals surface area contributed by atoms with Gasteiger partial charge in [0.05, 0.1) is 19.0 Å². The van der Waals surface area contributed by atoms with Gasteiger partial charge in [0.1, 0.15) is 0 Å². The summed E-state index contributed by atoms with van der Waals surface area (Å²) in [5, 5.41) is 2.86. The van der Waals surface area contributed by atoms with Crippen LogP contribution in [0.1, 0.15) is 25.3 Å². The van der Waals surface area contributed by atoms with Gasteiger partial charge in [-0.1, -0.05) is 24.3 Å². The third-order valence-electron chi connectivity index (χ3n) is 5.65. The molecule has 1 amide bonds. The molecule has 0 aliphatic carbocycles. The van der Waals surface area contributed by atoms with E-state index in [9.17, 15) is 4.79 Å². The van der Waals surface area contributed by atoms with E-state index in [-0.39, 0.29) is 5.91 Å². The van der Waals surface area contributed by atoms with Crippen LogP contribution in [0.2, 0.25) is 0 Å². The summed E-state index contributed by atoms with van der Waals surface area (Å²) < 4.78 is 5.98. The van der Waals surface area contributed by atoms with Crippen molar-refractivity contribution in [3.05, 3.63) is 54.4 Å². The highest BCUT2D eigenvalue weighted by Crippen LogP contribution is 2.21. The lowest BCUT2D eigenvalue weighted by atomic mass is 9.98. The third-order valence-corrected chi connectivity index (χ3v) is 5.65. The average molecular weight is 438 g/mol. The van der Waals surface area contributed by atoms with Crippen LogP contribution in [0, 0.1) is 5.92 Å². The first-order valence-electron chi connectivity index (χ1n) is 11.3. The second kappa shape index (κ2) is 12.3. The lowest BCUT2D eigenvalue weighted by Gasteiger charge is -2.32. The van der Waals surface area contributed by atoms with Crippen molar-refractivity contribution in [3.8, 4) is 17.1 Å². The molecule has 0 unspecified atom stereocenters. The van der Waals surface area contributed by atoms with E-state index >= 15 is 0 Å². The average Bonchev–Trinajstić information content (AvgIpc) is 2.81. The standard InChI is InChI=1S/C25H35N5O2/c1-4-6-24(31)26-16-21-7-5-8-22(15-21)25-27-17-23(18-28-25)32-19-20-9-11-30(12-10-20)14-13-29(2)3/h4-8,15,17-18,20H,9-14,16,19H2,1-3H3,(H,26,31)/b6-4-. The molecule has 7 heteroatoms. The normalized spacial score (nSPS) is 15.4. The van der Waals surface area contributed by atoms with Gasteiger partial charge in [-0.3, -0.25) is 4.79 Å². The first kappa shape index (κ1) is 23.9. The second-order valence-corrected chi connectivity index (χ2v) is 8.56. The number of ether oxygens (including phenoxy) is 1. The van der Waals surface area contributed by atoms with Crippen LogP contribution >= 0.6 is 0 Å². The van der Waals surface area contributed by atoms with Crippen molar-refractivity contribution in [2.24, 2.45) is 5.92 Å². The molecule has 1 aromatic carbocycles. The minimum atomic E-state index is -0.102. The number of piperidine rings is 1. The number of nitrogens with zero attached hydrogens (tertiary/aromatic N) is 4. The Hall–Kier alpha value is -2.77. The third kappa shape index (κ3) is 7.73. The number of likely N-dealkylation sites (N-methyl/N-ethyl adjacent to an activating group) is 1. The van der Waals surface area contributed by atoms with Crippen LogP contribution in [0.4, 0.5) is 0 Å². The van der Waals surface area contributed by atoms with Gasteiger partial charge in [0.25, 0.3) is 0 Å². The topological polar surface area (TPSA) is 70.6 Å². The van der Waals surface area contributed by atoms with Crippen LogP contribution in [0.5, 0.6) is 5.75 Å². The van der Waals surface area contributed by atoms with Crippen molar-refractivity contribution in [3.63, 3.8) is 0 Å². The number of allylic oxidation sites excluding steroid dienone is 1. The fourth-order valence-corrected chi connectivity index (χ4v) is 3.69. The fraction of sp³-hybridized carbons (Fsp3) is 0.480. The van der Waals surface area contributed by atoms with E-state index < -0.39 is 0 Å². The Bertz CT molecular complexity index is 874. The summed E-state index contributed by atoms with van der Waals surface area (Å²) in [5.41, 5.74) is 1.92. The zero-order valence-corrected chi connectivity index (χ0v) is 19.5. The first-order valence-corrected chi connectivity index (χ1v) is 11.3. The lowest BCUT2D eigenvalue weighted by molar-refractivity contribution is -0.116. The highest BCUT2D eigenvalue weighted by atomic mass is 16.5. The minimum Gasteiger partial charge on any atom is -0.490 e. The van der Waals surface area contributed by atoms with Gasteiger partial charge in [-0.15, -0.1) is 0 Å². The van der Waals surface area contributed by atoms with E-state index in [0.717, 1.165) is 37.3 Å². The van der Waals surface area contributed by atoms with Crippen molar-refractivity contribution in [2.45, 2.75) is 26.3 Å². The molecule has 0 radical (unpaired) electrons. The Morgan fingerprint density at radius 3 is 2.69 bits per heavy atom. The molecule has 0 spiro atoms. The SMILES string of the molecule is C/C=C\C(=O)NCc1cccc(-c2ncc(OCC3CCN(CCN(C)C)CC3)cn2)c1. The first-order chi connectivity index (χ1) is 15.5. The maximum Gasteiger partial charge on any atom is 0.243 e. The summed E-state index contributed by atoms with van der Waals surface area (Å²) >= 11 is 0. The molecule has 1 N–H and O–H groups in total. The molecule has 1 aliphatic heterocycles. The summed E-state index contributed by atoms with van der Waals surface area (Å²) in [5.74, 6) is 1.83. The van der Waals surface area contributed by atoms with E-state index in [0.29, 0.717) is 30.6 Å². The Morgan fingerprint density at radius 2 is 2.00 bits per heavy atom. The van der Waals surface area contributed by atoms with Gasteiger partial charge >= 0.3 is 0 Å². The molecule has 1 saturated heterocycles. The molecule has 2 aromatic rings. The minimum absolute atomic E-state index is 0.102. The number of carbonyl (C=O) groups excluding carboxylic acids is 1. The number of benzene rings is 1. The summed E-state index contributed by atoms with van der Waals surface area (Å²) in [6, 6.07) is 7.89. The largest absolute Gasteiger partial charge is 0.490 e. The van der Waals surface area contributed by atoms with Gasteiger partial charge in [0, 0.05) is 25.2 Å². The molecule has 2 heterocycles. The number of amides is 1. The summed E-state index contributed by atoms with van der Waals surface area (Å²) in [6.07, 6.45) is 9.07. The van der Waals surface area contributed by atoms with Crippen molar-refractivity contribution in [1.82, 2.24) is 25.1 Å². The van der Waals surface area contributed by atoms with E-state index in [4.69, 9.17) is 4.74 Å². The second-order valence-electron chi connectivity index (χ2n) is 8.56. The molecule has 1 aliphatic rings. The molecule has 1 fully saturated rings. The molecule has 0 atom stereocenters. The van der Waals surface area contributed by atoms with Crippen LogP contribution in [0.15, 0.2) is 48.8 Å². The van der Waals surface area contributed by atoms with Gasteiger partial charge in [-0.2, -0.15) is 0 Å². The van der Waals surface area contributed by atoms with Gasteiger partial charge < -0.3 is 19.9 Å². The lowest BCUT2D eigenvalue weighted by Crippen LogP contribution is -2.39. The number of carbonyl (C=O) groups is 1. The van der Waals surface area contributed by atoms with Crippen LogP contribution in [-0.4, -0.2) is 72.6 Å². The monoisotopic (exact) mass is 437 g/mol. The van der Waals surface area contributed by atoms with Crippen LogP contribution in [-0.2, 0) is 11.3 Å². The maximum atomic E-state index is 11.6. The molecule has 0 saturated carbocycles. The molecule has 3 rings (SSSR count). The molecule has 7 nitrogen and oxygen atoms in total. The maximum absolute atomic E-state index is 11.6. The fourth-order valence-electron chi connectivity index (χ4n) is 3.69. The number of hydrogen-bond donors (Lipinski definition) is 1. The van der Waals surface area contributed by atoms with Gasteiger partial charge in [-0.25, -0.2) is 9.97 Å². The number of rotatable bonds is 10. The van der Waals surface area contributed by atoms with Crippen LogP contribution in [0.25, 0.3) is 11.4 Å². The Labute approximate surface area is 191 Å². The van der Waals surface area contributed by atoms with E-state index in [2.05, 4.69) is 39.2 Å². The number of hydrogen-bond acceptors (Lipinski definition) is 6. The Kier molecular flexibility index (Phi) is 9.19. The zero-order valence-electron chi connectivity index (χ0n) is 19.5. The number of nitrogens with one attached hydrogen (secondary N) is 1. The summed E-state index contributed by atoms with van der Waals surface area (Å²) in [7, 11) is 4.24. The highest BCUT2D eigenvalue weighted by molar-refractivity contribution is 5.87. The molecular weight excluding hydrogens is 402 g/mol. The van der Waals surface area contributed by atoms with Crippen molar-refractivity contribution >= 4 is 5.91 Å². The molecule has 32 heavy (non-hydrogen) atoms.